The molecule has 0 aromatic heterocycles. The van der Waals surface area contributed by atoms with E-state index in [0.717, 1.165) is 87.8 Å². The van der Waals surface area contributed by atoms with Crippen molar-refractivity contribution in [1.82, 2.24) is 0 Å². The quantitative estimate of drug-likeness (QED) is 0.164. The molecule has 9 aromatic rings. The van der Waals surface area contributed by atoms with Gasteiger partial charge in [-0.1, -0.05) is 103 Å². The Morgan fingerprint density at radius 1 is 0.359 bits per heavy atom. The maximum atomic E-state index is 6.84. The molecule has 5 heterocycles. The van der Waals surface area contributed by atoms with E-state index in [-0.39, 0.29) is 6.71 Å². The predicted octanol–water partition coefficient (Wildman–Crippen LogP) is 13.2. The van der Waals surface area contributed by atoms with Crippen LogP contribution in [0.15, 0.2) is 206 Å². The summed E-state index contributed by atoms with van der Waals surface area (Å²) in [5, 5.41) is 0. The monoisotopic (exact) mass is 821 g/mol. The standard InChI is InChI=1S/C57H40BN5O/c1-4-19-39(20-5-1)59-33-17-18-38-34-51-44(37-50(38)59)58-43-25-16-32-55-57(43)63(49-30-14-15-31-54(49)64-55)53-36-42(35-52(56(53)58)61(51)41-23-8-3-9-24-41)62-47-28-12-10-26-45(47)60(40-21-6-2-7-22-40)46-27-11-13-29-48(46)62/h1-16,19-32,34-37H,17-18,33H2. The maximum Gasteiger partial charge on any atom is 0.252 e. The number of ether oxygens (including phenoxy) is 1. The average molecular weight is 822 g/mol. The minimum absolute atomic E-state index is 0.0616. The third-order valence-corrected chi connectivity index (χ3v) is 13.8. The molecule has 0 saturated carbocycles. The SMILES string of the molecule is c1ccc(N2CCCc3cc4c(cc32)B2c3cccc5c3N(c3ccccc3O5)c3cc(N5c6ccccc6N(c6ccccc6)c6ccccc65)cc(c32)N4c2ccccc2)cc1. The van der Waals surface area contributed by atoms with Crippen molar-refractivity contribution in [2.24, 2.45) is 0 Å². The molecule has 7 heteroatoms. The zero-order valence-corrected chi connectivity index (χ0v) is 35.0. The number of fused-ring (bicyclic) bond motifs is 9. The Morgan fingerprint density at radius 2 is 0.875 bits per heavy atom. The van der Waals surface area contributed by atoms with E-state index in [1.165, 1.54) is 44.7 Å². The van der Waals surface area contributed by atoms with Crippen LogP contribution >= 0.6 is 0 Å². The summed E-state index contributed by atoms with van der Waals surface area (Å²) >= 11 is 0. The van der Waals surface area contributed by atoms with Gasteiger partial charge in [-0.25, -0.2) is 0 Å². The first-order valence-corrected chi connectivity index (χ1v) is 22.3. The smallest absolute Gasteiger partial charge is 0.252 e. The molecule has 0 saturated heterocycles. The highest BCUT2D eigenvalue weighted by molar-refractivity contribution is 7.00. The molecule has 5 aliphatic heterocycles. The summed E-state index contributed by atoms with van der Waals surface area (Å²) in [5.41, 5.74) is 21.2. The Morgan fingerprint density at radius 3 is 1.52 bits per heavy atom. The first kappa shape index (κ1) is 35.4. The molecule has 9 aromatic carbocycles. The highest BCUT2D eigenvalue weighted by Crippen LogP contribution is 2.58. The second-order valence-corrected chi connectivity index (χ2v) is 17.2. The van der Waals surface area contributed by atoms with Crippen LogP contribution in [0, 0.1) is 0 Å². The second kappa shape index (κ2) is 13.7. The number of aryl methyl sites for hydroxylation is 1. The molecule has 64 heavy (non-hydrogen) atoms. The van der Waals surface area contributed by atoms with Crippen molar-refractivity contribution in [3.05, 3.63) is 212 Å². The van der Waals surface area contributed by atoms with Crippen LogP contribution in [0.5, 0.6) is 11.5 Å². The fraction of sp³-hybridized carbons (Fsp3) is 0.0526. The first-order valence-electron chi connectivity index (χ1n) is 22.3. The number of benzene rings is 9. The van der Waals surface area contributed by atoms with Crippen LogP contribution in [0.25, 0.3) is 0 Å². The predicted molar refractivity (Wildman–Crippen MR) is 265 cm³/mol. The van der Waals surface area contributed by atoms with Gasteiger partial charge >= 0.3 is 0 Å². The van der Waals surface area contributed by atoms with Crippen LogP contribution in [0.4, 0.5) is 79.6 Å². The second-order valence-electron chi connectivity index (χ2n) is 17.2. The molecule has 0 bridgehead atoms. The lowest BCUT2D eigenvalue weighted by molar-refractivity contribution is 0.477. The highest BCUT2D eigenvalue weighted by Gasteiger charge is 2.47. The lowest BCUT2D eigenvalue weighted by Crippen LogP contribution is -2.61. The van der Waals surface area contributed by atoms with Crippen molar-refractivity contribution < 1.29 is 4.74 Å². The van der Waals surface area contributed by atoms with Gasteiger partial charge in [-0.3, -0.25) is 0 Å². The molecule has 5 aliphatic rings. The molecule has 0 atom stereocenters. The summed E-state index contributed by atoms with van der Waals surface area (Å²) < 4.78 is 6.84. The number of rotatable bonds is 4. The van der Waals surface area contributed by atoms with Crippen LogP contribution in [-0.2, 0) is 6.42 Å². The summed E-state index contributed by atoms with van der Waals surface area (Å²) in [7, 11) is 0. The largest absolute Gasteiger partial charge is 0.453 e. The van der Waals surface area contributed by atoms with Crippen molar-refractivity contribution in [3.8, 4) is 11.5 Å². The first-order chi connectivity index (χ1) is 31.8. The van der Waals surface area contributed by atoms with Crippen molar-refractivity contribution in [3.63, 3.8) is 0 Å². The molecule has 14 rings (SSSR count). The van der Waals surface area contributed by atoms with E-state index >= 15 is 0 Å². The van der Waals surface area contributed by atoms with Crippen molar-refractivity contribution in [2.75, 3.05) is 31.0 Å². The molecule has 0 aliphatic carbocycles. The van der Waals surface area contributed by atoms with Gasteiger partial charge in [0.05, 0.1) is 39.8 Å². The number of nitrogens with zero attached hydrogens (tertiary/aromatic N) is 5. The van der Waals surface area contributed by atoms with Crippen molar-refractivity contribution >= 4 is 103 Å². The summed E-state index contributed by atoms with van der Waals surface area (Å²) in [6, 6.07) is 75.4. The number of hydrogen-bond donors (Lipinski definition) is 0. The van der Waals surface area contributed by atoms with Crippen molar-refractivity contribution in [1.29, 1.82) is 0 Å². The Balaban J connectivity index is 1.08. The molecule has 0 fully saturated rings. The third kappa shape index (κ3) is 5.03. The zero-order valence-electron chi connectivity index (χ0n) is 35.0. The van der Waals surface area contributed by atoms with Crippen LogP contribution in [0.2, 0.25) is 0 Å². The highest BCUT2D eigenvalue weighted by atomic mass is 16.5. The van der Waals surface area contributed by atoms with Gasteiger partial charge < -0.3 is 29.2 Å². The van der Waals surface area contributed by atoms with E-state index in [9.17, 15) is 0 Å². The fourth-order valence-electron chi connectivity index (χ4n) is 11.2. The van der Waals surface area contributed by atoms with E-state index < -0.39 is 0 Å². The van der Waals surface area contributed by atoms with Crippen LogP contribution in [0.1, 0.15) is 12.0 Å². The molecule has 6 nitrogen and oxygen atoms in total. The minimum Gasteiger partial charge on any atom is -0.453 e. The van der Waals surface area contributed by atoms with E-state index in [4.69, 9.17) is 4.74 Å². The Bertz CT molecular complexity index is 3290. The summed E-state index contributed by atoms with van der Waals surface area (Å²) in [5.74, 6) is 1.72. The topological polar surface area (TPSA) is 25.4 Å². The number of hydrogen-bond acceptors (Lipinski definition) is 6. The van der Waals surface area contributed by atoms with Gasteiger partial charge in [0, 0.05) is 46.4 Å². The van der Waals surface area contributed by atoms with E-state index in [0.29, 0.717) is 0 Å². The van der Waals surface area contributed by atoms with Gasteiger partial charge in [0.15, 0.2) is 11.5 Å². The third-order valence-electron chi connectivity index (χ3n) is 13.8. The van der Waals surface area contributed by atoms with Crippen molar-refractivity contribution in [2.45, 2.75) is 12.8 Å². The Kier molecular flexibility index (Phi) is 7.57. The average Bonchev–Trinajstić information content (AvgIpc) is 3.36. The van der Waals surface area contributed by atoms with E-state index in [2.05, 4.69) is 231 Å². The summed E-state index contributed by atoms with van der Waals surface area (Å²) in [4.78, 5) is 12.4. The summed E-state index contributed by atoms with van der Waals surface area (Å²) in [6.07, 6.45) is 2.11. The lowest BCUT2D eigenvalue weighted by atomic mass is 9.33. The number of para-hydroxylation sites is 10. The fourth-order valence-corrected chi connectivity index (χ4v) is 11.2. The molecule has 0 radical (unpaired) electrons. The molecular formula is C57H40BN5O. The molecule has 0 N–H and O–H groups in total. The Labute approximate surface area is 373 Å². The minimum atomic E-state index is -0.0616. The van der Waals surface area contributed by atoms with Gasteiger partial charge in [-0.15, -0.1) is 0 Å². The summed E-state index contributed by atoms with van der Waals surface area (Å²) in [6.45, 7) is 0.918. The molecule has 302 valence electrons. The Hall–Kier alpha value is -8.16. The van der Waals surface area contributed by atoms with E-state index in [1.807, 2.05) is 0 Å². The van der Waals surface area contributed by atoms with Gasteiger partial charge in [0.2, 0.25) is 0 Å². The van der Waals surface area contributed by atoms with E-state index in [1.54, 1.807) is 0 Å². The van der Waals surface area contributed by atoms with Crippen LogP contribution < -0.4 is 45.6 Å². The zero-order chi connectivity index (χ0) is 41.9. The molecule has 0 unspecified atom stereocenters. The van der Waals surface area contributed by atoms with Gasteiger partial charge in [0.1, 0.15) is 0 Å². The van der Waals surface area contributed by atoms with Gasteiger partial charge in [-0.05, 0) is 138 Å². The molecule has 0 amide bonds. The number of anilines is 14. The lowest BCUT2D eigenvalue weighted by Gasteiger charge is -2.47. The van der Waals surface area contributed by atoms with Crippen LogP contribution in [0.3, 0.4) is 0 Å². The van der Waals surface area contributed by atoms with Gasteiger partial charge in [-0.2, -0.15) is 0 Å². The maximum absolute atomic E-state index is 6.84. The normalized spacial score (nSPS) is 14.6. The van der Waals surface area contributed by atoms with Gasteiger partial charge in [0.25, 0.3) is 6.71 Å². The molecular weight excluding hydrogens is 781 g/mol. The van der Waals surface area contributed by atoms with Crippen LogP contribution in [-0.4, -0.2) is 13.3 Å². The molecule has 0 spiro atoms.